The number of carbonyl (C=O) groups is 1. The Hall–Kier alpha value is -3.00. The van der Waals surface area contributed by atoms with Gasteiger partial charge in [-0.05, 0) is 60.3 Å². The van der Waals surface area contributed by atoms with E-state index in [1.165, 1.54) is 22.0 Å². The number of nitrogens with zero attached hydrogens (tertiary/aromatic N) is 4. The normalized spacial score (nSPS) is 14.1. The molecule has 1 fully saturated rings. The van der Waals surface area contributed by atoms with Crippen molar-refractivity contribution in [1.82, 2.24) is 14.7 Å². The Kier molecular flexibility index (Phi) is 7.40. The number of hydrogen-bond acceptors (Lipinski definition) is 6. The summed E-state index contributed by atoms with van der Waals surface area (Å²) in [5, 5.41) is 8.98. The molecule has 1 aromatic carbocycles. The number of carbonyl (C=O) groups excluding carboxylic acids is 1. The Labute approximate surface area is 207 Å². The van der Waals surface area contributed by atoms with Crippen molar-refractivity contribution in [2.24, 2.45) is 5.92 Å². The van der Waals surface area contributed by atoms with Crippen LogP contribution in [0, 0.1) is 5.92 Å². The lowest BCUT2D eigenvalue weighted by atomic mass is 9.84. The van der Waals surface area contributed by atoms with E-state index in [0.29, 0.717) is 29.6 Å². The number of nitrogen functional groups attached to an aromatic ring is 1. The van der Waals surface area contributed by atoms with Gasteiger partial charge in [0.2, 0.25) is 5.88 Å². The summed E-state index contributed by atoms with van der Waals surface area (Å²) in [4.78, 5) is 13.3. The van der Waals surface area contributed by atoms with Crippen molar-refractivity contribution in [3.63, 3.8) is 0 Å². The number of aromatic nitrogens is 4. The fourth-order valence-corrected chi connectivity index (χ4v) is 3.96. The molecule has 188 valence electrons. The number of ether oxygens (including phenoxy) is 2. The van der Waals surface area contributed by atoms with Crippen LogP contribution in [0.15, 0.2) is 30.3 Å². The van der Waals surface area contributed by atoms with Gasteiger partial charge >= 0.3 is 5.95 Å². The molecule has 2 heterocycles. The minimum absolute atomic E-state index is 0.0217. The van der Waals surface area contributed by atoms with Gasteiger partial charge in [0.1, 0.15) is 6.10 Å². The van der Waals surface area contributed by atoms with E-state index < -0.39 is 0 Å². The first-order valence-corrected chi connectivity index (χ1v) is 12.6. The maximum atomic E-state index is 13.3. The second-order valence-electron chi connectivity index (χ2n) is 10.6. The number of benzene rings is 1. The molecule has 0 saturated heterocycles. The van der Waals surface area contributed by atoms with Crippen LogP contribution in [0.3, 0.4) is 0 Å². The zero-order chi connectivity index (χ0) is 25.2. The molecule has 0 spiro atoms. The SMILES string of the molecule is CCC(CC)Oc1ccc2n[n+](CC(=O)c3cc(COCC4CC4)cc(C(C)(C)C)c3)c(N)n2n1. The molecule has 0 radical (unpaired) electrons. The van der Waals surface area contributed by atoms with Crippen molar-refractivity contribution in [3.8, 4) is 5.88 Å². The van der Waals surface area contributed by atoms with Crippen LogP contribution in [-0.2, 0) is 23.3 Å². The van der Waals surface area contributed by atoms with Crippen LogP contribution in [0.1, 0.15) is 81.8 Å². The zero-order valence-corrected chi connectivity index (χ0v) is 21.6. The average Bonchev–Trinajstić information content (AvgIpc) is 3.60. The molecular formula is C27H38N5O3+. The minimum atomic E-state index is -0.0913. The fourth-order valence-electron chi connectivity index (χ4n) is 3.96. The molecule has 0 atom stereocenters. The van der Waals surface area contributed by atoms with Crippen molar-refractivity contribution in [1.29, 1.82) is 0 Å². The highest BCUT2D eigenvalue weighted by Crippen LogP contribution is 2.30. The Morgan fingerprint density at radius 2 is 1.94 bits per heavy atom. The van der Waals surface area contributed by atoms with Gasteiger partial charge in [-0.2, -0.15) is 0 Å². The van der Waals surface area contributed by atoms with E-state index in [9.17, 15) is 4.79 Å². The monoisotopic (exact) mass is 480 g/mol. The van der Waals surface area contributed by atoms with Gasteiger partial charge in [0.05, 0.1) is 6.61 Å². The van der Waals surface area contributed by atoms with Crippen LogP contribution in [0.25, 0.3) is 5.65 Å². The third-order valence-corrected chi connectivity index (χ3v) is 6.49. The van der Waals surface area contributed by atoms with Crippen LogP contribution in [0.2, 0.25) is 0 Å². The number of anilines is 1. The number of fused-ring (bicyclic) bond motifs is 1. The van der Waals surface area contributed by atoms with Gasteiger partial charge in [0, 0.05) is 24.3 Å². The summed E-state index contributed by atoms with van der Waals surface area (Å²) in [5.41, 5.74) is 9.55. The fraction of sp³-hybridized carbons (Fsp3) is 0.556. The molecule has 4 rings (SSSR count). The number of ketones is 1. The Morgan fingerprint density at radius 1 is 1.20 bits per heavy atom. The quantitative estimate of drug-likeness (QED) is 0.325. The number of Topliss-reactive ketones (excluding diaryl/α,β-unsaturated/α-hetero) is 1. The summed E-state index contributed by atoms with van der Waals surface area (Å²) in [6.07, 6.45) is 4.39. The maximum absolute atomic E-state index is 13.3. The van der Waals surface area contributed by atoms with Crippen molar-refractivity contribution < 1.29 is 19.0 Å². The number of rotatable bonds is 11. The van der Waals surface area contributed by atoms with E-state index in [4.69, 9.17) is 15.2 Å². The molecule has 2 N–H and O–H groups in total. The van der Waals surface area contributed by atoms with Crippen LogP contribution < -0.4 is 15.2 Å². The van der Waals surface area contributed by atoms with E-state index in [0.717, 1.165) is 30.6 Å². The highest BCUT2D eigenvalue weighted by atomic mass is 16.5. The number of nitrogens with two attached hydrogens (primary N) is 1. The standard InChI is InChI=1S/C27H37N5O3/c1-6-22(7-2)35-25-11-10-24-29-31(26(28)32(24)30-25)15-23(33)20-12-19(17-34-16-18-8-9-18)13-21(14-20)27(3,4)5/h10-14,18,22,28H,6-9,15-17H2,1-5H3/p+1. The van der Waals surface area contributed by atoms with E-state index in [1.807, 2.05) is 12.1 Å². The first-order chi connectivity index (χ1) is 16.7. The van der Waals surface area contributed by atoms with Gasteiger partial charge in [0.25, 0.3) is 5.65 Å². The molecule has 8 heteroatoms. The predicted octanol–water partition coefficient (Wildman–Crippen LogP) is 4.27. The van der Waals surface area contributed by atoms with E-state index in [-0.39, 0.29) is 29.8 Å². The largest absolute Gasteiger partial charge is 0.472 e. The van der Waals surface area contributed by atoms with Crippen LogP contribution in [-0.4, -0.2) is 33.2 Å². The molecule has 0 amide bonds. The molecule has 1 saturated carbocycles. The first kappa shape index (κ1) is 25.1. The lowest BCUT2D eigenvalue weighted by Crippen LogP contribution is -2.42. The van der Waals surface area contributed by atoms with Gasteiger partial charge in [-0.1, -0.05) is 55.4 Å². The van der Waals surface area contributed by atoms with E-state index in [2.05, 4.69) is 50.9 Å². The molecule has 1 aliphatic carbocycles. The summed E-state index contributed by atoms with van der Waals surface area (Å²) in [5.74, 6) is 1.41. The van der Waals surface area contributed by atoms with Gasteiger partial charge in [-0.15, -0.1) is 4.68 Å². The van der Waals surface area contributed by atoms with Gasteiger partial charge < -0.3 is 9.47 Å². The third kappa shape index (κ3) is 6.17. The molecule has 0 aliphatic heterocycles. The lowest BCUT2D eigenvalue weighted by Gasteiger charge is -2.21. The van der Waals surface area contributed by atoms with E-state index >= 15 is 0 Å². The second kappa shape index (κ2) is 10.3. The molecule has 2 aromatic heterocycles. The van der Waals surface area contributed by atoms with Gasteiger partial charge in [-0.3, -0.25) is 10.5 Å². The summed E-state index contributed by atoms with van der Waals surface area (Å²) in [6, 6.07) is 9.63. The maximum Gasteiger partial charge on any atom is 0.401 e. The molecule has 3 aromatic rings. The average molecular weight is 481 g/mol. The molecule has 8 nitrogen and oxygen atoms in total. The lowest BCUT2D eigenvalue weighted by molar-refractivity contribution is -0.723. The summed E-state index contributed by atoms with van der Waals surface area (Å²) >= 11 is 0. The highest BCUT2D eigenvalue weighted by molar-refractivity contribution is 5.95. The summed E-state index contributed by atoms with van der Waals surface area (Å²) in [6.45, 7) is 11.9. The zero-order valence-electron chi connectivity index (χ0n) is 21.6. The molecule has 0 bridgehead atoms. The number of hydrogen-bond donors (Lipinski definition) is 1. The molecular weight excluding hydrogens is 442 g/mol. The van der Waals surface area contributed by atoms with Crippen LogP contribution in [0.5, 0.6) is 5.88 Å². The smallest absolute Gasteiger partial charge is 0.401 e. The Morgan fingerprint density at radius 3 is 2.60 bits per heavy atom. The first-order valence-electron chi connectivity index (χ1n) is 12.6. The van der Waals surface area contributed by atoms with Crippen molar-refractivity contribution in [3.05, 3.63) is 47.0 Å². The second-order valence-corrected chi connectivity index (χ2v) is 10.6. The minimum Gasteiger partial charge on any atom is -0.472 e. The highest BCUT2D eigenvalue weighted by Gasteiger charge is 2.24. The Bertz CT molecular complexity index is 1190. The van der Waals surface area contributed by atoms with Gasteiger partial charge in [0.15, 0.2) is 12.3 Å². The molecule has 1 aliphatic rings. The van der Waals surface area contributed by atoms with E-state index in [1.54, 1.807) is 12.1 Å². The van der Waals surface area contributed by atoms with Gasteiger partial charge in [-0.25, -0.2) is 0 Å². The molecule has 0 unspecified atom stereocenters. The van der Waals surface area contributed by atoms with Crippen molar-refractivity contribution in [2.75, 3.05) is 12.3 Å². The topological polar surface area (TPSA) is 95.6 Å². The molecule has 35 heavy (non-hydrogen) atoms. The summed E-state index contributed by atoms with van der Waals surface area (Å²) in [7, 11) is 0. The van der Waals surface area contributed by atoms with Crippen molar-refractivity contribution >= 4 is 17.4 Å². The summed E-state index contributed by atoms with van der Waals surface area (Å²) < 4.78 is 14.9. The van der Waals surface area contributed by atoms with Crippen molar-refractivity contribution in [2.45, 2.75) is 85.0 Å². The third-order valence-electron chi connectivity index (χ3n) is 6.49. The Balaban J connectivity index is 1.55. The van der Waals surface area contributed by atoms with Crippen LogP contribution in [0.4, 0.5) is 5.95 Å². The predicted molar refractivity (Wildman–Crippen MR) is 134 cm³/mol. The van der Waals surface area contributed by atoms with Crippen LogP contribution >= 0.6 is 0 Å².